The maximum atomic E-state index is 4.09. The topological polar surface area (TPSA) is 24.9 Å². The summed E-state index contributed by atoms with van der Waals surface area (Å²) in [6, 6.07) is 2.04. The minimum atomic E-state index is 0.742. The summed E-state index contributed by atoms with van der Waals surface area (Å²) in [7, 11) is 0. The first-order chi connectivity index (χ1) is 6.36. The van der Waals surface area contributed by atoms with Gasteiger partial charge in [-0.05, 0) is 24.0 Å². The lowest BCUT2D eigenvalue weighted by Gasteiger charge is -2.22. The zero-order valence-electron chi connectivity index (χ0n) is 8.67. The van der Waals surface area contributed by atoms with E-state index in [2.05, 4.69) is 17.2 Å². The van der Waals surface area contributed by atoms with Gasteiger partial charge in [-0.25, -0.2) is 0 Å². The molecule has 72 valence electrons. The minimum absolute atomic E-state index is 0.742. The molecule has 0 amide bonds. The fourth-order valence-electron chi connectivity index (χ4n) is 1.49. The van der Waals surface area contributed by atoms with Gasteiger partial charge in [-0.3, -0.25) is 4.98 Å². The van der Waals surface area contributed by atoms with Gasteiger partial charge < -0.3 is 5.32 Å². The molecule has 1 aromatic rings. The Morgan fingerprint density at radius 1 is 1.46 bits per heavy atom. The summed E-state index contributed by atoms with van der Waals surface area (Å²) in [6.45, 7) is 7.35. The number of hydrogen-bond acceptors (Lipinski definition) is 2. The van der Waals surface area contributed by atoms with Crippen molar-refractivity contribution in [1.29, 1.82) is 0 Å². The first-order valence-electron chi connectivity index (χ1n) is 5.03. The third-order valence-electron chi connectivity index (χ3n) is 2.11. The Balaban J connectivity index is 0.000000396. The number of rotatable bonds is 0. The van der Waals surface area contributed by atoms with E-state index in [0.29, 0.717) is 0 Å². The highest BCUT2D eigenvalue weighted by Gasteiger charge is 2.12. The maximum absolute atomic E-state index is 4.09. The molecule has 1 aromatic heterocycles. The zero-order valence-corrected chi connectivity index (χ0v) is 8.67. The lowest BCUT2D eigenvalue weighted by atomic mass is 9.97. The van der Waals surface area contributed by atoms with Gasteiger partial charge in [0.2, 0.25) is 0 Å². The minimum Gasteiger partial charge on any atom is -0.384 e. The van der Waals surface area contributed by atoms with Crippen LogP contribution in [0.5, 0.6) is 0 Å². The lowest BCUT2D eigenvalue weighted by Crippen LogP contribution is -2.20. The molecule has 0 radical (unpaired) electrons. The number of nitrogens with zero attached hydrogens (tertiary/aromatic N) is 1. The number of nitrogens with one attached hydrogen (secondary N) is 1. The van der Waals surface area contributed by atoms with E-state index in [0.717, 1.165) is 18.9 Å². The predicted octanol–water partition coefficient (Wildman–Crippen LogP) is 2.71. The van der Waals surface area contributed by atoms with Crippen LogP contribution in [0.1, 0.15) is 26.3 Å². The van der Waals surface area contributed by atoms with Crippen LogP contribution in [0, 0.1) is 5.92 Å². The zero-order chi connectivity index (χ0) is 9.68. The predicted molar refractivity (Wildman–Crippen MR) is 56.9 cm³/mol. The third kappa shape index (κ3) is 2.44. The van der Waals surface area contributed by atoms with Gasteiger partial charge in [-0.2, -0.15) is 0 Å². The van der Waals surface area contributed by atoms with Crippen molar-refractivity contribution in [3.63, 3.8) is 0 Å². The van der Waals surface area contributed by atoms with Crippen LogP contribution in [0.4, 0.5) is 5.69 Å². The van der Waals surface area contributed by atoms with Crippen LogP contribution in [0.3, 0.4) is 0 Å². The number of pyridine rings is 1. The fraction of sp³-hybridized carbons (Fsp3) is 0.545. The SMILES string of the molecule is CC.CC1CNc2ccncc2C1. The average Bonchev–Trinajstić information content (AvgIpc) is 2.21. The smallest absolute Gasteiger partial charge is 0.0403 e. The molecule has 2 heterocycles. The van der Waals surface area contributed by atoms with E-state index < -0.39 is 0 Å². The van der Waals surface area contributed by atoms with Crippen molar-refractivity contribution < 1.29 is 0 Å². The average molecular weight is 178 g/mol. The third-order valence-corrected chi connectivity index (χ3v) is 2.11. The van der Waals surface area contributed by atoms with Gasteiger partial charge in [0, 0.05) is 24.6 Å². The van der Waals surface area contributed by atoms with Crippen LogP contribution in [0.15, 0.2) is 18.5 Å². The monoisotopic (exact) mass is 178 g/mol. The van der Waals surface area contributed by atoms with Crippen molar-refractivity contribution in [1.82, 2.24) is 4.98 Å². The van der Waals surface area contributed by atoms with Crippen LogP contribution in [-0.2, 0) is 6.42 Å². The molecule has 0 saturated heterocycles. The van der Waals surface area contributed by atoms with Gasteiger partial charge in [0.25, 0.3) is 0 Å². The van der Waals surface area contributed by atoms with Crippen LogP contribution in [0.25, 0.3) is 0 Å². The Bertz CT molecular complexity index is 258. The Hall–Kier alpha value is -1.05. The van der Waals surface area contributed by atoms with Gasteiger partial charge in [-0.1, -0.05) is 20.8 Å². The molecule has 2 heteroatoms. The first-order valence-corrected chi connectivity index (χ1v) is 5.03. The van der Waals surface area contributed by atoms with Gasteiger partial charge >= 0.3 is 0 Å². The van der Waals surface area contributed by atoms with Crippen molar-refractivity contribution in [2.24, 2.45) is 5.92 Å². The summed E-state index contributed by atoms with van der Waals surface area (Å²) in [4.78, 5) is 4.09. The summed E-state index contributed by atoms with van der Waals surface area (Å²) in [5, 5.41) is 3.37. The molecule has 0 aliphatic carbocycles. The second-order valence-corrected chi connectivity index (χ2v) is 3.22. The number of aromatic nitrogens is 1. The molecule has 1 aliphatic rings. The highest BCUT2D eigenvalue weighted by Crippen LogP contribution is 2.22. The van der Waals surface area contributed by atoms with Crippen LogP contribution in [0.2, 0.25) is 0 Å². The van der Waals surface area contributed by atoms with Crippen molar-refractivity contribution in [2.75, 3.05) is 11.9 Å². The second-order valence-electron chi connectivity index (χ2n) is 3.22. The Morgan fingerprint density at radius 2 is 2.23 bits per heavy atom. The molecule has 13 heavy (non-hydrogen) atoms. The molecule has 0 bridgehead atoms. The molecular formula is C11H18N2. The summed E-state index contributed by atoms with van der Waals surface area (Å²) in [6.07, 6.45) is 4.95. The van der Waals surface area contributed by atoms with Crippen molar-refractivity contribution in [3.05, 3.63) is 24.0 Å². The molecule has 1 aliphatic heterocycles. The van der Waals surface area contributed by atoms with Crippen molar-refractivity contribution in [2.45, 2.75) is 27.2 Å². The first kappa shape index (κ1) is 10.0. The van der Waals surface area contributed by atoms with Gasteiger partial charge in [-0.15, -0.1) is 0 Å². The van der Waals surface area contributed by atoms with E-state index in [4.69, 9.17) is 0 Å². The molecule has 0 fully saturated rings. The van der Waals surface area contributed by atoms with Gasteiger partial charge in [0.15, 0.2) is 0 Å². The molecule has 1 N–H and O–H groups in total. The quantitative estimate of drug-likeness (QED) is 0.660. The maximum Gasteiger partial charge on any atom is 0.0403 e. The summed E-state index contributed by atoms with van der Waals surface area (Å²) in [5.74, 6) is 0.742. The van der Waals surface area contributed by atoms with Crippen molar-refractivity contribution >= 4 is 5.69 Å². The molecule has 2 rings (SSSR count). The van der Waals surface area contributed by atoms with Gasteiger partial charge in [0.1, 0.15) is 0 Å². The van der Waals surface area contributed by atoms with Crippen molar-refractivity contribution in [3.8, 4) is 0 Å². The highest BCUT2D eigenvalue weighted by molar-refractivity contribution is 5.51. The molecule has 1 atom stereocenters. The fourth-order valence-corrected chi connectivity index (χ4v) is 1.49. The summed E-state index contributed by atoms with van der Waals surface area (Å²) >= 11 is 0. The lowest BCUT2D eigenvalue weighted by molar-refractivity contribution is 0.593. The number of anilines is 1. The van der Waals surface area contributed by atoms with Crippen LogP contribution < -0.4 is 5.32 Å². The molecule has 0 spiro atoms. The van der Waals surface area contributed by atoms with Crippen LogP contribution in [-0.4, -0.2) is 11.5 Å². The number of fused-ring (bicyclic) bond motifs is 1. The number of hydrogen-bond donors (Lipinski definition) is 1. The van der Waals surface area contributed by atoms with E-state index in [1.54, 1.807) is 0 Å². The highest BCUT2D eigenvalue weighted by atomic mass is 14.9. The standard InChI is InChI=1S/C9H12N2.C2H6/c1-7-4-8-6-10-3-2-9(8)11-5-7;1-2/h2-3,6-7,11H,4-5H2,1H3;1-2H3. The molecule has 0 saturated carbocycles. The molecule has 2 nitrogen and oxygen atoms in total. The van der Waals surface area contributed by atoms with E-state index in [1.807, 2.05) is 32.3 Å². The Labute approximate surface area is 80.4 Å². The van der Waals surface area contributed by atoms with Gasteiger partial charge in [0.05, 0.1) is 0 Å². The van der Waals surface area contributed by atoms with E-state index >= 15 is 0 Å². The van der Waals surface area contributed by atoms with E-state index in [9.17, 15) is 0 Å². The summed E-state index contributed by atoms with van der Waals surface area (Å²) in [5.41, 5.74) is 2.62. The largest absolute Gasteiger partial charge is 0.384 e. The summed E-state index contributed by atoms with van der Waals surface area (Å²) < 4.78 is 0. The second kappa shape index (κ2) is 4.85. The van der Waals surface area contributed by atoms with E-state index in [-0.39, 0.29) is 0 Å². The molecular weight excluding hydrogens is 160 g/mol. The Kier molecular flexibility index (Phi) is 3.74. The molecule has 0 aromatic carbocycles. The Morgan fingerprint density at radius 3 is 3.00 bits per heavy atom. The molecule has 1 unspecified atom stereocenters. The van der Waals surface area contributed by atoms with Crippen LogP contribution >= 0.6 is 0 Å². The normalized spacial score (nSPS) is 19.2. The van der Waals surface area contributed by atoms with E-state index in [1.165, 1.54) is 11.3 Å².